The molecule has 1 nitrogen and oxygen atoms in total. The number of Topliss-reactive ketones (excluding diaryl/α,β-unsaturated/α-hetero) is 1. The molecule has 0 amide bonds. The Balaban J connectivity index is 1.48. The molecule has 0 spiro atoms. The van der Waals surface area contributed by atoms with Crippen molar-refractivity contribution in [3.63, 3.8) is 0 Å². The lowest BCUT2D eigenvalue weighted by molar-refractivity contribution is -0.113. The molecule has 0 aromatic heterocycles. The van der Waals surface area contributed by atoms with Gasteiger partial charge in [-0.3, -0.25) is 4.79 Å². The molecule has 1 aliphatic rings. The molecular formula is C34H26O. The molecule has 0 atom stereocenters. The highest BCUT2D eigenvalue weighted by Crippen LogP contribution is 2.39. The van der Waals surface area contributed by atoms with E-state index in [1.54, 1.807) is 0 Å². The first-order valence-corrected chi connectivity index (χ1v) is 12.2. The van der Waals surface area contributed by atoms with Gasteiger partial charge in [-0.25, -0.2) is 0 Å². The second-order valence-corrected chi connectivity index (χ2v) is 9.32. The van der Waals surface area contributed by atoms with Gasteiger partial charge in [-0.05, 0) is 69.1 Å². The maximum Gasteiger partial charge on any atom is 0.185 e. The molecule has 0 unspecified atom stereocenters. The summed E-state index contributed by atoms with van der Waals surface area (Å²) in [7, 11) is 0. The van der Waals surface area contributed by atoms with Gasteiger partial charge in [0, 0.05) is 11.1 Å². The van der Waals surface area contributed by atoms with Gasteiger partial charge < -0.3 is 0 Å². The van der Waals surface area contributed by atoms with Crippen LogP contribution in [0.5, 0.6) is 0 Å². The van der Waals surface area contributed by atoms with E-state index in [1.165, 1.54) is 27.1 Å². The van der Waals surface area contributed by atoms with Crippen LogP contribution in [0.15, 0.2) is 126 Å². The van der Waals surface area contributed by atoms with Crippen LogP contribution in [0.4, 0.5) is 0 Å². The van der Waals surface area contributed by atoms with Crippen molar-refractivity contribution in [2.45, 2.75) is 18.8 Å². The molecule has 5 aromatic rings. The van der Waals surface area contributed by atoms with Crippen molar-refractivity contribution in [2.75, 3.05) is 0 Å². The summed E-state index contributed by atoms with van der Waals surface area (Å²) in [5, 5.41) is 4.74. The van der Waals surface area contributed by atoms with Crippen LogP contribution in [0.2, 0.25) is 0 Å². The van der Waals surface area contributed by atoms with Crippen molar-refractivity contribution >= 4 is 39.5 Å². The van der Waals surface area contributed by atoms with Crippen molar-refractivity contribution in [1.29, 1.82) is 0 Å². The highest BCUT2D eigenvalue weighted by molar-refractivity contribution is 6.15. The van der Waals surface area contributed by atoms with Crippen molar-refractivity contribution in [3.05, 3.63) is 143 Å². The number of ketones is 1. The third-order valence-electron chi connectivity index (χ3n) is 7.09. The first kappa shape index (κ1) is 21.3. The van der Waals surface area contributed by atoms with Crippen LogP contribution < -0.4 is 0 Å². The van der Waals surface area contributed by atoms with Gasteiger partial charge >= 0.3 is 0 Å². The largest absolute Gasteiger partial charge is 0.289 e. The number of carbonyl (C=O) groups is 1. The van der Waals surface area contributed by atoms with Crippen LogP contribution in [-0.2, 0) is 4.79 Å². The minimum absolute atomic E-state index is 0.165. The first-order valence-electron chi connectivity index (χ1n) is 12.2. The van der Waals surface area contributed by atoms with Crippen molar-refractivity contribution in [3.8, 4) is 0 Å². The lowest BCUT2D eigenvalue weighted by Gasteiger charge is -2.26. The average Bonchev–Trinajstić information content (AvgIpc) is 2.92. The van der Waals surface area contributed by atoms with Crippen LogP contribution >= 0.6 is 0 Å². The number of rotatable bonds is 3. The van der Waals surface area contributed by atoms with E-state index in [2.05, 4.69) is 127 Å². The van der Waals surface area contributed by atoms with Crippen LogP contribution in [0.3, 0.4) is 0 Å². The molecule has 0 aliphatic heterocycles. The number of fused-ring (bicyclic) bond motifs is 2. The summed E-state index contributed by atoms with van der Waals surface area (Å²) in [6, 6.07) is 40.0. The van der Waals surface area contributed by atoms with Gasteiger partial charge in [0.05, 0.1) is 0 Å². The van der Waals surface area contributed by atoms with E-state index in [0.29, 0.717) is 0 Å². The Morgan fingerprint density at radius 1 is 0.514 bits per heavy atom. The van der Waals surface area contributed by atoms with Crippen molar-refractivity contribution < 1.29 is 4.79 Å². The second-order valence-electron chi connectivity index (χ2n) is 9.32. The number of carbonyl (C=O) groups excluding carboxylic acids is 1. The zero-order chi connectivity index (χ0) is 23.6. The lowest BCUT2D eigenvalue weighted by Crippen LogP contribution is -2.19. The number of hydrogen-bond donors (Lipinski definition) is 0. The number of allylic oxidation sites excluding steroid dienone is 2. The standard InChI is InChI=1S/C34H26O/c35-34-30(20-27-16-8-14-25-12-4-6-18-32(25)27)22-29(24-10-2-1-3-11-24)23-31(34)21-28-17-9-15-26-13-5-7-19-33(26)28/h1-21,29H,22-23H2. The summed E-state index contributed by atoms with van der Waals surface area (Å²) >= 11 is 0. The van der Waals surface area contributed by atoms with E-state index in [9.17, 15) is 4.79 Å². The van der Waals surface area contributed by atoms with E-state index >= 15 is 0 Å². The smallest absolute Gasteiger partial charge is 0.185 e. The molecular weight excluding hydrogens is 424 g/mol. The summed E-state index contributed by atoms with van der Waals surface area (Å²) in [4.78, 5) is 13.8. The Morgan fingerprint density at radius 2 is 0.971 bits per heavy atom. The Kier molecular flexibility index (Phi) is 5.60. The highest BCUT2D eigenvalue weighted by atomic mass is 16.1. The lowest BCUT2D eigenvalue weighted by atomic mass is 9.76. The maximum absolute atomic E-state index is 13.8. The van der Waals surface area contributed by atoms with Crippen LogP contribution in [0.1, 0.15) is 35.4 Å². The predicted octanol–water partition coefficient (Wildman–Crippen LogP) is 8.61. The van der Waals surface area contributed by atoms with Gasteiger partial charge in [-0.2, -0.15) is 0 Å². The zero-order valence-electron chi connectivity index (χ0n) is 19.5. The summed E-state index contributed by atoms with van der Waals surface area (Å²) in [6.45, 7) is 0. The molecule has 1 fully saturated rings. The third-order valence-corrected chi connectivity index (χ3v) is 7.09. The zero-order valence-corrected chi connectivity index (χ0v) is 19.5. The Labute approximate surface area is 206 Å². The predicted molar refractivity (Wildman–Crippen MR) is 147 cm³/mol. The average molecular weight is 451 g/mol. The fourth-order valence-corrected chi connectivity index (χ4v) is 5.33. The van der Waals surface area contributed by atoms with E-state index in [1.807, 2.05) is 0 Å². The van der Waals surface area contributed by atoms with Gasteiger partial charge in [0.1, 0.15) is 0 Å². The Hall–Kier alpha value is -4.23. The topological polar surface area (TPSA) is 17.1 Å². The van der Waals surface area contributed by atoms with Gasteiger partial charge in [0.25, 0.3) is 0 Å². The Morgan fingerprint density at radius 3 is 1.51 bits per heavy atom. The van der Waals surface area contributed by atoms with Crippen LogP contribution in [-0.4, -0.2) is 5.78 Å². The van der Waals surface area contributed by atoms with Gasteiger partial charge in [-0.1, -0.05) is 115 Å². The fourth-order valence-electron chi connectivity index (χ4n) is 5.33. The molecule has 6 rings (SSSR count). The van der Waals surface area contributed by atoms with E-state index in [4.69, 9.17) is 0 Å². The minimum Gasteiger partial charge on any atom is -0.289 e. The van der Waals surface area contributed by atoms with Gasteiger partial charge in [0.2, 0.25) is 0 Å². The third kappa shape index (κ3) is 4.22. The molecule has 35 heavy (non-hydrogen) atoms. The highest BCUT2D eigenvalue weighted by Gasteiger charge is 2.29. The molecule has 0 N–H and O–H groups in total. The molecule has 0 heterocycles. The van der Waals surface area contributed by atoms with E-state index < -0.39 is 0 Å². The van der Waals surface area contributed by atoms with Crippen molar-refractivity contribution in [1.82, 2.24) is 0 Å². The molecule has 1 heteroatoms. The van der Waals surface area contributed by atoms with Crippen LogP contribution in [0, 0.1) is 0 Å². The summed E-state index contributed by atoms with van der Waals surface area (Å²) in [5.41, 5.74) is 5.25. The summed E-state index contributed by atoms with van der Waals surface area (Å²) in [6.07, 6.45) is 5.74. The van der Waals surface area contributed by atoms with Crippen molar-refractivity contribution in [2.24, 2.45) is 0 Å². The Bertz CT molecular complexity index is 1490. The fraction of sp³-hybridized carbons (Fsp3) is 0.0882. The van der Waals surface area contributed by atoms with Gasteiger partial charge in [-0.15, -0.1) is 0 Å². The first-order chi connectivity index (χ1) is 17.3. The van der Waals surface area contributed by atoms with E-state index in [-0.39, 0.29) is 11.7 Å². The minimum atomic E-state index is 0.165. The summed E-state index contributed by atoms with van der Waals surface area (Å²) < 4.78 is 0. The molecule has 1 saturated carbocycles. The second kappa shape index (κ2) is 9.19. The summed E-state index contributed by atoms with van der Waals surface area (Å²) in [5.74, 6) is 0.439. The van der Waals surface area contributed by atoms with Crippen LogP contribution in [0.25, 0.3) is 33.7 Å². The maximum atomic E-state index is 13.8. The number of hydrogen-bond acceptors (Lipinski definition) is 1. The monoisotopic (exact) mass is 450 g/mol. The molecule has 0 bridgehead atoms. The number of benzene rings is 5. The SMILES string of the molecule is O=C1C(=Cc2cccc3ccccc23)CC(c2ccccc2)CC1=Cc1cccc2ccccc12. The molecule has 1 aliphatic carbocycles. The van der Waals surface area contributed by atoms with Gasteiger partial charge in [0.15, 0.2) is 5.78 Å². The molecule has 0 radical (unpaired) electrons. The molecule has 5 aromatic carbocycles. The van der Waals surface area contributed by atoms with E-state index in [0.717, 1.165) is 35.1 Å². The molecule has 0 saturated heterocycles. The molecule has 168 valence electrons. The quantitative estimate of drug-likeness (QED) is 0.252. The normalized spacial score (nSPS) is 18.5.